The monoisotopic (exact) mass is 266 g/mol. The first kappa shape index (κ1) is 13.4. The largest absolute Gasteiger partial charge is 0.378 e. The molecule has 3 heterocycles. The minimum absolute atomic E-state index is 0.255. The van der Waals surface area contributed by atoms with E-state index in [9.17, 15) is 4.79 Å². The van der Waals surface area contributed by atoms with Gasteiger partial charge in [-0.25, -0.2) is 0 Å². The van der Waals surface area contributed by atoms with Crippen LogP contribution in [0.3, 0.4) is 0 Å². The van der Waals surface area contributed by atoms with Gasteiger partial charge in [-0.3, -0.25) is 4.79 Å². The second kappa shape index (κ2) is 5.80. The Morgan fingerprint density at radius 1 is 1.21 bits per heavy atom. The Balaban J connectivity index is 1.43. The molecular weight excluding hydrogens is 240 g/mol. The molecular formula is C15H26N2O2. The van der Waals surface area contributed by atoms with E-state index in [-0.39, 0.29) is 12.0 Å². The second-order valence-electron chi connectivity index (χ2n) is 6.65. The topological polar surface area (TPSA) is 50.4 Å². The van der Waals surface area contributed by atoms with Crippen molar-refractivity contribution < 1.29 is 9.53 Å². The number of hydrogen-bond donors (Lipinski definition) is 2. The maximum atomic E-state index is 12.1. The van der Waals surface area contributed by atoms with Crippen LogP contribution in [0.15, 0.2) is 0 Å². The van der Waals surface area contributed by atoms with Crippen LogP contribution in [0.2, 0.25) is 0 Å². The van der Waals surface area contributed by atoms with E-state index in [0.29, 0.717) is 24.0 Å². The van der Waals surface area contributed by atoms with Gasteiger partial charge >= 0.3 is 0 Å². The summed E-state index contributed by atoms with van der Waals surface area (Å²) in [5.41, 5.74) is 0. The SMILES string of the molecule is CC1CC(NC(=O)CC2CC3CCC(C2)N3)CCO1. The molecule has 4 heteroatoms. The van der Waals surface area contributed by atoms with Crippen LogP contribution in [0.4, 0.5) is 0 Å². The van der Waals surface area contributed by atoms with Gasteiger partial charge in [0.25, 0.3) is 0 Å². The molecule has 3 aliphatic heterocycles. The Morgan fingerprint density at radius 3 is 2.63 bits per heavy atom. The van der Waals surface area contributed by atoms with Gasteiger partial charge in [0, 0.05) is 31.2 Å². The summed E-state index contributed by atoms with van der Waals surface area (Å²) < 4.78 is 5.52. The number of carbonyl (C=O) groups excluding carboxylic acids is 1. The number of piperidine rings is 1. The van der Waals surface area contributed by atoms with E-state index < -0.39 is 0 Å². The summed E-state index contributed by atoms with van der Waals surface area (Å²) >= 11 is 0. The lowest BCUT2D eigenvalue weighted by molar-refractivity contribution is -0.123. The van der Waals surface area contributed by atoms with E-state index in [1.807, 2.05) is 0 Å². The van der Waals surface area contributed by atoms with Crippen LogP contribution >= 0.6 is 0 Å². The van der Waals surface area contributed by atoms with Gasteiger partial charge in [0.05, 0.1) is 6.10 Å². The summed E-state index contributed by atoms with van der Waals surface area (Å²) in [5, 5.41) is 6.84. The molecule has 19 heavy (non-hydrogen) atoms. The molecule has 1 amide bonds. The third-order valence-electron chi connectivity index (χ3n) is 4.90. The van der Waals surface area contributed by atoms with Crippen molar-refractivity contribution in [1.82, 2.24) is 10.6 Å². The first-order chi connectivity index (χ1) is 9.19. The number of carbonyl (C=O) groups is 1. The Labute approximate surface area is 115 Å². The van der Waals surface area contributed by atoms with Crippen molar-refractivity contribution in [2.24, 2.45) is 5.92 Å². The van der Waals surface area contributed by atoms with Gasteiger partial charge < -0.3 is 15.4 Å². The van der Waals surface area contributed by atoms with Crippen LogP contribution < -0.4 is 10.6 Å². The summed E-state index contributed by atoms with van der Waals surface area (Å²) in [4.78, 5) is 12.1. The fourth-order valence-corrected chi connectivity index (χ4v) is 4.02. The highest BCUT2D eigenvalue weighted by Crippen LogP contribution is 2.32. The van der Waals surface area contributed by atoms with Crippen LogP contribution in [-0.2, 0) is 9.53 Å². The minimum atomic E-state index is 0.255. The van der Waals surface area contributed by atoms with Crippen molar-refractivity contribution in [2.75, 3.05) is 6.61 Å². The molecule has 4 unspecified atom stereocenters. The van der Waals surface area contributed by atoms with E-state index in [0.717, 1.165) is 25.9 Å². The molecule has 4 atom stereocenters. The van der Waals surface area contributed by atoms with Gasteiger partial charge in [-0.15, -0.1) is 0 Å². The average Bonchev–Trinajstić information content (AvgIpc) is 2.68. The summed E-state index contributed by atoms with van der Waals surface area (Å²) in [6.45, 7) is 2.87. The predicted molar refractivity (Wildman–Crippen MR) is 73.9 cm³/mol. The molecule has 0 aromatic rings. The third kappa shape index (κ3) is 3.48. The number of ether oxygens (including phenoxy) is 1. The van der Waals surface area contributed by atoms with Crippen molar-refractivity contribution in [3.05, 3.63) is 0 Å². The third-order valence-corrected chi connectivity index (χ3v) is 4.90. The van der Waals surface area contributed by atoms with E-state index in [2.05, 4.69) is 17.6 Å². The minimum Gasteiger partial charge on any atom is -0.378 e. The molecule has 3 fully saturated rings. The zero-order valence-corrected chi connectivity index (χ0v) is 11.9. The van der Waals surface area contributed by atoms with Gasteiger partial charge in [-0.05, 0) is 51.4 Å². The van der Waals surface area contributed by atoms with E-state index >= 15 is 0 Å². The molecule has 0 spiro atoms. The molecule has 0 radical (unpaired) electrons. The molecule has 2 bridgehead atoms. The van der Waals surface area contributed by atoms with Crippen molar-refractivity contribution in [1.29, 1.82) is 0 Å². The van der Waals surface area contributed by atoms with Crippen LogP contribution in [-0.4, -0.2) is 36.7 Å². The van der Waals surface area contributed by atoms with Crippen LogP contribution in [0.5, 0.6) is 0 Å². The molecule has 0 aliphatic carbocycles. The molecule has 3 aliphatic rings. The molecule has 4 nitrogen and oxygen atoms in total. The van der Waals surface area contributed by atoms with Crippen molar-refractivity contribution >= 4 is 5.91 Å². The van der Waals surface area contributed by atoms with Gasteiger partial charge in [0.2, 0.25) is 5.91 Å². The Morgan fingerprint density at radius 2 is 1.95 bits per heavy atom. The maximum Gasteiger partial charge on any atom is 0.220 e. The first-order valence-electron chi connectivity index (χ1n) is 7.86. The molecule has 0 aromatic heterocycles. The fourth-order valence-electron chi connectivity index (χ4n) is 4.02. The molecule has 0 saturated carbocycles. The van der Waals surface area contributed by atoms with Crippen molar-refractivity contribution in [3.8, 4) is 0 Å². The normalized spacial score (nSPS) is 42.1. The van der Waals surface area contributed by atoms with E-state index in [1.54, 1.807) is 0 Å². The predicted octanol–water partition coefficient (Wildman–Crippen LogP) is 1.59. The maximum absolute atomic E-state index is 12.1. The molecule has 3 saturated heterocycles. The Hall–Kier alpha value is -0.610. The zero-order chi connectivity index (χ0) is 13.2. The smallest absolute Gasteiger partial charge is 0.220 e. The quantitative estimate of drug-likeness (QED) is 0.815. The number of fused-ring (bicyclic) bond motifs is 2. The summed E-state index contributed by atoms with van der Waals surface area (Å²) in [6.07, 6.45) is 7.92. The first-order valence-corrected chi connectivity index (χ1v) is 7.86. The molecule has 0 aromatic carbocycles. The van der Waals surface area contributed by atoms with Crippen molar-refractivity contribution in [3.63, 3.8) is 0 Å². The zero-order valence-electron chi connectivity index (χ0n) is 11.9. The Bertz CT molecular complexity index is 322. The summed E-state index contributed by atoms with van der Waals surface area (Å²) in [5.74, 6) is 0.849. The summed E-state index contributed by atoms with van der Waals surface area (Å²) in [6, 6.07) is 1.69. The van der Waals surface area contributed by atoms with Crippen LogP contribution in [0, 0.1) is 5.92 Å². The van der Waals surface area contributed by atoms with Crippen LogP contribution in [0.1, 0.15) is 51.9 Å². The molecule has 3 rings (SSSR count). The molecule has 108 valence electrons. The highest BCUT2D eigenvalue weighted by atomic mass is 16.5. The fraction of sp³-hybridized carbons (Fsp3) is 0.933. The standard InChI is InChI=1S/C15H26N2O2/c1-10-6-14(4-5-19-10)17-15(18)9-11-7-12-2-3-13(8-11)16-12/h10-14,16H,2-9H2,1H3,(H,17,18). The Kier molecular flexibility index (Phi) is 4.08. The lowest BCUT2D eigenvalue weighted by Crippen LogP contribution is -2.43. The number of rotatable bonds is 3. The number of hydrogen-bond acceptors (Lipinski definition) is 3. The van der Waals surface area contributed by atoms with E-state index in [4.69, 9.17) is 4.74 Å². The van der Waals surface area contributed by atoms with Gasteiger partial charge in [-0.2, -0.15) is 0 Å². The van der Waals surface area contributed by atoms with Gasteiger partial charge in [-0.1, -0.05) is 0 Å². The number of nitrogens with one attached hydrogen (secondary N) is 2. The second-order valence-corrected chi connectivity index (χ2v) is 6.65. The lowest BCUT2D eigenvalue weighted by atomic mass is 9.89. The lowest BCUT2D eigenvalue weighted by Gasteiger charge is -2.31. The highest BCUT2D eigenvalue weighted by Gasteiger charge is 2.34. The van der Waals surface area contributed by atoms with Crippen molar-refractivity contribution in [2.45, 2.75) is 76.1 Å². The van der Waals surface area contributed by atoms with Gasteiger partial charge in [0.15, 0.2) is 0 Å². The highest BCUT2D eigenvalue weighted by molar-refractivity contribution is 5.76. The van der Waals surface area contributed by atoms with Crippen LogP contribution in [0.25, 0.3) is 0 Å². The van der Waals surface area contributed by atoms with Gasteiger partial charge in [0.1, 0.15) is 0 Å². The number of amides is 1. The summed E-state index contributed by atoms with van der Waals surface area (Å²) in [7, 11) is 0. The molecule has 2 N–H and O–H groups in total. The van der Waals surface area contributed by atoms with E-state index in [1.165, 1.54) is 25.7 Å². The average molecular weight is 266 g/mol.